The Morgan fingerprint density at radius 1 is 0.882 bits per heavy atom. The van der Waals surface area contributed by atoms with Crippen LogP contribution in [0.15, 0.2) is 82.6 Å². The van der Waals surface area contributed by atoms with Crippen LogP contribution >= 0.6 is 0 Å². The molecule has 34 heavy (non-hydrogen) atoms. The maximum absolute atomic E-state index is 13.8. The monoisotopic (exact) mass is 485 g/mol. The summed E-state index contributed by atoms with van der Waals surface area (Å²) >= 11 is 0. The van der Waals surface area contributed by atoms with Crippen LogP contribution < -0.4 is 10.7 Å². The van der Waals surface area contributed by atoms with E-state index in [2.05, 4.69) is 5.10 Å². The van der Waals surface area contributed by atoms with E-state index in [0.717, 1.165) is 16.8 Å². The molecule has 1 atom stereocenters. The zero-order chi connectivity index (χ0) is 24.6. The number of primary sulfonamides is 1. The Kier molecular flexibility index (Phi) is 6.11. The summed E-state index contributed by atoms with van der Waals surface area (Å²) in [5.41, 5.74) is 1.18. The number of nitrogens with zero attached hydrogens (tertiary/aromatic N) is 2. The van der Waals surface area contributed by atoms with Crippen LogP contribution in [-0.4, -0.2) is 18.2 Å². The molecule has 0 amide bonds. The molecule has 0 saturated carbocycles. The van der Waals surface area contributed by atoms with Gasteiger partial charge in [-0.05, 0) is 60.0 Å². The highest BCUT2D eigenvalue weighted by molar-refractivity contribution is 7.89. The Balaban J connectivity index is 1.91. The Labute approximate surface area is 193 Å². The molecule has 174 valence electrons. The van der Waals surface area contributed by atoms with Crippen molar-refractivity contribution in [2.45, 2.75) is 17.9 Å². The van der Waals surface area contributed by atoms with E-state index in [4.69, 9.17) is 5.14 Å². The van der Waals surface area contributed by atoms with Crippen LogP contribution in [0.1, 0.15) is 18.5 Å². The second kappa shape index (κ2) is 8.88. The molecule has 0 aliphatic heterocycles. The van der Waals surface area contributed by atoms with E-state index in [1.807, 2.05) is 0 Å². The molecule has 0 aliphatic carbocycles. The zero-order valence-corrected chi connectivity index (χ0v) is 18.6. The topological polar surface area (TPSA) is 95.1 Å². The number of aromatic nitrogens is 2. The van der Waals surface area contributed by atoms with Crippen LogP contribution in [0.5, 0.6) is 0 Å². The van der Waals surface area contributed by atoms with E-state index >= 15 is 0 Å². The standard InChI is InChI=1S/C24H18F3N3O3S/c1-14(17-6-11-21(26)22(27)12-17)30-24(31)23(16-2-7-18(25)8-3-16)20(13-29-30)15-4-9-19(10-5-15)34(28,32)33/h2-14H,1H3,(H2,28,32,33). The lowest BCUT2D eigenvalue weighted by molar-refractivity contribution is 0.494. The first-order valence-corrected chi connectivity index (χ1v) is 11.6. The van der Waals surface area contributed by atoms with Gasteiger partial charge < -0.3 is 0 Å². The Bertz CT molecular complexity index is 1530. The van der Waals surface area contributed by atoms with Gasteiger partial charge in [-0.1, -0.05) is 30.3 Å². The summed E-state index contributed by atoms with van der Waals surface area (Å²) in [7, 11) is -3.91. The largest absolute Gasteiger partial charge is 0.275 e. The van der Waals surface area contributed by atoms with E-state index in [1.54, 1.807) is 6.92 Å². The third kappa shape index (κ3) is 4.50. The highest BCUT2D eigenvalue weighted by Crippen LogP contribution is 2.30. The van der Waals surface area contributed by atoms with E-state index < -0.39 is 39.1 Å². The highest BCUT2D eigenvalue weighted by atomic mass is 32.2. The third-order valence-electron chi connectivity index (χ3n) is 5.42. The number of halogens is 3. The molecule has 0 aliphatic rings. The number of hydrogen-bond acceptors (Lipinski definition) is 4. The van der Waals surface area contributed by atoms with Crippen molar-refractivity contribution < 1.29 is 21.6 Å². The van der Waals surface area contributed by atoms with Crippen LogP contribution in [0.3, 0.4) is 0 Å². The number of benzene rings is 3. The fourth-order valence-electron chi connectivity index (χ4n) is 3.59. The SMILES string of the molecule is CC(c1ccc(F)c(F)c1)n1ncc(-c2ccc(S(N)(=O)=O)cc2)c(-c2ccc(F)cc2)c1=O. The quantitative estimate of drug-likeness (QED) is 0.457. The first kappa shape index (κ1) is 23.4. The molecule has 10 heteroatoms. The molecular formula is C24H18F3N3O3S. The lowest BCUT2D eigenvalue weighted by Crippen LogP contribution is -2.28. The summed E-state index contributed by atoms with van der Waals surface area (Å²) in [5, 5.41) is 9.38. The van der Waals surface area contributed by atoms with Gasteiger partial charge in [-0.15, -0.1) is 0 Å². The molecule has 1 aromatic heterocycles. The molecule has 4 aromatic rings. The van der Waals surface area contributed by atoms with Gasteiger partial charge in [0.1, 0.15) is 5.82 Å². The average molecular weight is 485 g/mol. The van der Waals surface area contributed by atoms with Gasteiger partial charge in [0.05, 0.1) is 22.7 Å². The molecule has 3 aromatic carbocycles. The maximum Gasteiger partial charge on any atom is 0.275 e. The van der Waals surface area contributed by atoms with Crippen molar-refractivity contribution in [1.82, 2.24) is 9.78 Å². The molecular weight excluding hydrogens is 467 g/mol. The van der Waals surface area contributed by atoms with E-state index in [-0.39, 0.29) is 10.5 Å². The molecule has 0 radical (unpaired) electrons. The van der Waals surface area contributed by atoms with Gasteiger partial charge in [-0.3, -0.25) is 4.79 Å². The van der Waals surface area contributed by atoms with E-state index in [9.17, 15) is 26.4 Å². The molecule has 0 spiro atoms. The Morgan fingerprint density at radius 2 is 1.50 bits per heavy atom. The molecule has 0 fully saturated rings. The number of nitrogens with two attached hydrogens (primary N) is 1. The molecule has 2 N–H and O–H groups in total. The van der Waals surface area contributed by atoms with Crippen molar-refractivity contribution in [2.24, 2.45) is 5.14 Å². The molecule has 1 heterocycles. The van der Waals surface area contributed by atoms with Crippen LogP contribution in [0.4, 0.5) is 13.2 Å². The van der Waals surface area contributed by atoms with Crippen LogP contribution in [0.25, 0.3) is 22.3 Å². The van der Waals surface area contributed by atoms with Gasteiger partial charge in [-0.25, -0.2) is 31.4 Å². The summed E-state index contributed by atoms with van der Waals surface area (Å²) in [6, 6.07) is 13.4. The highest BCUT2D eigenvalue weighted by Gasteiger charge is 2.20. The Hall–Kier alpha value is -3.76. The minimum atomic E-state index is -3.91. The van der Waals surface area contributed by atoms with Crippen molar-refractivity contribution in [3.63, 3.8) is 0 Å². The summed E-state index contributed by atoms with van der Waals surface area (Å²) < 4.78 is 65.0. The predicted molar refractivity (Wildman–Crippen MR) is 121 cm³/mol. The van der Waals surface area contributed by atoms with Crippen molar-refractivity contribution in [3.05, 3.63) is 106 Å². The molecule has 6 nitrogen and oxygen atoms in total. The zero-order valence-electron chi connectivity index (χ0n) is 17.7. The minimum absolute atomic E-state index is 0.104. The van der Waals surface area contributed by atoms with Gasteiger partial charge >= 0.3 is 0 Å². The van der Waals surface area contributed by atoms with Crippen LogP contribution in [-0.2, 0) is 10.0 Å². The number of hydrogen-bond donors (Lipinski definition) is 1. The maximum atomic E-state index is 13.8. The number of sulfonamides is 1. The minimum Gasteiger partial charge on any atom is -0.267 e. The van der Waals surface area contributed by atoms with Crippen molar-refractivity contribution in [1.29, 1.82) is 0 Å². The van der Waals surface area contributed by atoms with Gasteiger partial charge in [0, 0.05) is 5.56 Å². The lowest BCUT2D eigenvalue weighted by atomic mass is 9.97. The molecule has 4 rings (SSSR count). The van der Waals surface area contributed by atoms with Crippen molar-refractivity contribution >= 4 is 10.0 Å². The summed E-state index contributed by atoms with van der Waals surface area (Å²) in [6.07, 6.45) is 1.41. The molecule has 1 unspecified atom stereocenters. The summed E-state index contributed by atoms with van der Waals surface area (Å²) in [5.74, 6) is -2.56. The van der Waals surface area contributed by atoms with E-state index in [1.165, 1.54) is 60.8 Å². The predicted octanol–water partition coefficient (Wildman–Crippen LogP) is 4.25. The van der Waals surface area contributed by atoms with Crippen LogP contribution in [0, 0.1) is 17.5 Å². The van der Waals surface area contributed by atoms with Gasteiger partial charge in [0.25, 0.3) is 5.56 Å². The smallest absolute Gasteiger partial charge is 0.267 e. The van der Waals surface area contributed by atoms with Crippen molar-refractivity contribution in [2.75, 3.05) is 0 Å². The fourth-order valence-corrected chi connectivity index (χ4v) is 4.11. The van der Waals surface area contributed by atoms with Gasteiger partial charge in [0.2, 0.25) is 10.0 Å². The third-order valence-corrected chi connectivity index (χ3v) is 6.35. The normalized spacial score (nSPS) is 12.5. The number of rotatable bonds is 5. The fraction of sp³-hybridized carbons (Fsp3) is 0.0833. The first-order valence-electron chi connectivity index (χ1n) is 10.0. The lowest BCUT2D eigenvalue weighted by Gasteiger charge is -2.18. The summed E-state index contributed by atoms with van der Waals surface area (Å²) in [4.78, 5) is 13.5. The molecule has 0 saturated heterocycles. The van der Waals surface area contributed by atoms with Gasteiger partial charge in [-0.2, -0.15) is 5.10 Å². The molecule has 0 bridgehead atoms. The second-order valence-corrected chi connectivity index (χ2v) is 9.17. The van der Waals surface area contributed by atoms with Gasteiger partial charge in [0.15, 0.2) is 11.6 Å². The summed E-state index contributed by atoms with van der Waals surface area (Å²) in [6.45, 7) is 1.61. The van der Waals surface area contributed by atoms with E-state index in [0.29, 0.717) is 22.3 Å². The first-order chi connectivity index (χ1) is 16.1. The van der Waals surface area contributed by atoms with Crippen LogP contribution in [0.2, 0.25) is 0 Å². The van der Waals surface area contributed by atoms with Crippen molar-refractivity contribution in [3.8, 4) is 22.3 Å². The Morgan fingerprint density at radius 3 is 2.09 bits per heavy atom. The second-order valence-electron chi connectivity index (χ2n) is 7.61. The average Bonchev–Trinajstić information content (AvgIpc) is 2.80.